The molecule has 3 nitrogen and oxygen atoms in total. The summed E-state index contributed by atoms with van der Waals surface area (Å²) in [4.78, 5) is 5.39. The molecule has 6 aliphatic rings. The molecule has 0 radical (unpaired) electrons. The molecule has 0 atom stereocenters. The summed E-state index contributed by atoms with van der Waals surface area (Å²) in [6.07, 6.45) is 2.32. The van der Waals surface area contributed by atoms with Crippen LogP contribution in [0.4, 0.5) is 34.1 Å². The zero-order valence-electron chi connectivity index (χ0n) is 54.7. The highest BCUT2D eigenvalue weighted by atomic mass is 32.1. The van der Waals surface area contributed by atoms with Gasteiger partial charge in [0.1, 0.15) is 5.58 Å². The molecule has 11 aromatic rings. The van der Waals surface area contributed by atoms with Gasteiger partial charge in [0.05, 0.1) is 11.4 Å². The highest BCUT2D eigenvalue weighted by Crippen LogP contribution is 2.61. The zero-order chi connectivity index (χ0) is 61.3. The molecule has 5 heteroatoms. The van der Waals surface area contributed by atoms with Gasteiger partial charge in [-0.25, -0.2) is 0 Å². The summed E-state index contributed by atoms with van der Waals surface area (Å²) < 4.78 is 10.0. The van der Waals surface area contributed by atoms with Gasteiger partial charge in [-0.1, -0.05) is 226 Å². The average Bonchev–Trinajstić information content (AvgIpc) is 1.14. The second-order valence-electron chi connectivity index (χ2n) is 32.0. The summed E-state index contributed by atoms with van der Waals surface area (Å²) in [5.41, 5.74) is 31.8. The molecule has 438 valence electrons. The quantitative estimate of drug-likeness (QED) is 0.161. The van der Waals surface area contributed by atoms with Crippen LogP contribution in [-0.2, 0) is 43.3 Å². The lowest BCUT2D eigenvalue weighted by Gasteiger charge is -2.50. The molecule has 0 N–H and O–H groups in total. The van der Waals surface area contributed by atoms with E-state index < -0.39 is 0 Å². The molecule has 88 heavy (non-hydrogen) atoms. The number of hydrogen-bond acceptors (Lipinski definition) is 4. The first-order valence-electron chi connectivity index (χ1n) is 32.6. The van der Waals surface area contributed by atoms with Crippen LogP contribution in [0.25, 0.3) is 32.0 Å². The Kier molecular flexibility index (Phi) is 10.5. The van der Waals surface area contributed by atoms with Crippen molar-refractivity contribution in [2.75, 3.05) is 9.80 Å². The topological polar surface area (TPSA) is 19.6 Å². The highest BCUT2D eigenvalue weighted by molar-refractivity contribution is 7.34. The van der Waals surface area contributed by atoms with Crippen LogP contribution in [0, 0.1) is 6.92 Å². The van der Waals surface area contributed by atoms with Gasteiger partial charge in [-0.15, -0.1) is 11.3 Å². The van der Waals surface area contributed by atoms with E-state index in [1.807, 2.05) is 0 Å². The van der Waals surface area contributed by atoms with E-state index in [9.17, 15) is 0 Å². The van der Waals surface area contributed by atoms with Crippen LogP contribution in [0.5, 0.6) is 0 Å². The normalized spacial score (nSPS) is 19.8. The lowest BCUT2D eigenvalue weighted by Crippen LogP contribution is -2.61. The van der Waals surface area contributed by atoms with Crippen molar-refractivity contribution in [3.63, 3.8) is 0 Å². The molecular formula is C83H81BN2OS. The van der Waals surface area contributed by atoms with Gasteiger partial charge in [-0.05, 0) is 167 Å². The molecule has 4 aliphatic carbocycles. The molecule has 0 unspecified atom stereocenters. The Bertz CT molecular complexity index is 4970. The predicted octanol–water partition coefficient (Wildman–Crippen LogP) is 20.4. The third-order valence-corrected chi connectivity index (χ3v) is 25.2. The number of para-hydroxylation sites is 2. The number of nitrogens with zero attached hydrogens (tertiary/aromatic N) is 2. The summed E-state index contributed by atoms with van der Waals surface area (Å²) in [5, 5.41) is 3.61. The molecule has 0 spiro atoms. The Balaban J connectivity index is 0.998. The van der Waals surface area contributed by atoms with Crippen LogP contribution >= 0.6 is 11.3 Å². The molecule has 2 aromatic heterocycles. The number of anilines is 6. The van der Waals surface area contributed by atoms with E-state index >= 15 is 0 Å². The van der Waals surface area contributed by atoms with E-state index in [4.69, 9.17) is 4.42 Å². The summed E-state index contributed by atoms with van der Waals surface area (Å²) >= 11 is 2.08. The van der Waals surface area contributed by atoms with Crippen molar-refractivity contribution in [1.82, 2.24) is 0 Å². The van der Waals surface area contributed by atoms with Crippen LogP contribution in [0.2, 0.25) is 0 Å². The van der Waals surface area contributed by atoms with E-state index in [1.165, 1.54) is 144 Å². The third kappa shape index (κ3) is 6.72. The summed E-state index contributed by atoms with van der Waals surface area (Å²) in [6.45, 7) is 42.0. The van der Waals surface area contributed by atoms with Gasteiger partial charge in [0.15, 0.2) is 5.58 Å². The van der Waals surface area contributed by atoms with Crippen LogP contribution < -0.4 is 25.5 Å². The van der Waals surface area contributed by atoms with Crippen LogP contribution in [0.15, 0.2) is 162 Å². The molecule has 0 amide bonds. The lowest BCUT2D eigenvalue weighted by atomic mass is 9.35. The molecule has 0 fully saturated rings. The van der Waals surface area contributed by atoms with Crippen LogP contribution in [-0.4, -0.2) is 6.71 Å². The molecule has 4 heterocycles. The monoisotopic (exact) mass is 1160 g/mol. The number of benzene rings is 9. The second kappa shape index (κ2) is 17.0. The molecule has 2 aliphatic heterocycles. The van der Waals surface area contributed by atoms with E-state index in [0.717, 1.165) is 34.0 Å². The van der Waals surface area contributed by atoms with E-state index in [1.54, 1.807) is 0 Å². The molecule has 17 rings (SSSR count). The smallest absolute Gasteiger partial charge is 0.264 e. The largest absolute Gasteiger partial charge is 0.454 e. The molecule has 0 saturated carbocycles. The summed E-state index contributed by atoms with van der Waals surface area (Å²) in [6, 6.07) is 62.4. The van der Waals surface area contributed by atoms with Gasteiger partial charge in [-0.2, -0.15) is 0 Å². The second-order valence-corrected chi connectivity index (χ2v) is 33.0. The van der Waals surface area contributed by atoms with E-state index in [2.05, 4.69) is 297 Å². The van der Waals surface area contributed by atoms with Crippen molar-refractivity contribution in [2.24, 2.45) is 0 Å². The Morgan fingerprint density at radius 3 is 1.51 bits per heavy atom. The molecule has 9 aromatic carbocycles. The van der Waals surface area contributed by atoms with Gasteiger partial charge in [0.25, 0.3) is 6.71 Å². The number of fused-ring (bicyclic) bond motifs is 17. The third-order valence-electron chi connectivity index (χ3n) is 23.9. The minimum Gasteiger partial charge on any atom is -0.454 e. The van der Waals surface area contributed by atoms with Gasteiger partial charge >= 0.3 is 0 Å². The van der Waals surface area contributed by atoms with Crippen molar-refractivity contribution < 1.29 is 4.42 Å². The maximum Gasteiger partial charge on any atom is 0.264 e. The maximum atomic E-state index is 7.18. The fraction of sp³-hybridized carbons (Fsp3) is 0.325. The lowest BCUT2D eigenvalue weighted by molar-refractivity contribution is 0.332. The fourth-order valence-corrected chi connectivity index (χ4v) is 20.3. The molecular weight excluding hydrogens is 1080 g/mol. The predicted molar refractivity (Wildman–Crippen MR) is 375 cm³/mol. The molecule has 0 saturated heterocycles. The number of furan rings is 1. The average molecular weight is 1170 g/mol. The minimum atomic E-state index is -0.356. The van der Waals surface area contributed by atoms with E-state index in [0.29, 0.717) is 0 Å². The van der Waals surface area contributed by atoms with Gasteiger partial charge < -0.3 is 14.2 Å². The minimum absolute atomic E-state index is 0.0157. The van der Waals surface area contributed by atoms with Crippen molar-refractivity contribution >= 4 is 99.9 Å². The number of thiophene rings is 1. The Morgan fingerprint density at radius 2 is 0.886 bits per heavy atom. The Labute approximate surface area is 525 Å². The summed E-state index contributed by atoms with van der Waals surface area (Å²) in [5.74, 6) is 0. The first-order valence-corrected chi connectivity index (χ1v) is 33.4. The Hall–Kier alpha value is -7.60. The highest BCUT2D eigenvalue weighted by Gasteiger charge is 2.53. The van der Waals surface area contributed by atoms with Crippen molar-refractivity contribution in [1.29, 1.82) is 0 Å². The van der Waals surface area contributed by atoms with Crippen LogP contribution in [0.1, 0.15) is 207 Å². The summed E-state index contributed by atoms with van der Waals surface area (Å²) in [7, 11) is 0. The number of hydrogen-bond donors (Lipinski definition) is 0. The van der Waals surface area contributed by atoms with Gasteiger partial charge in [0.2, 0.25) is 0 Å². The van der Waals surface area contributed by atoms with Crippen LogP contribution in [0.3, 0.4) is 0 Å². The zero-order valence-corrected chi connectivity index (χ0v) is 55.5. The van der Waals surface area contributed by atoms with E-state index in [-0.39, 0.29) is 50.0 Å². The van der Waals surface area contributed by atoms with Crippen molar-refractivity contribution in [3.8, 4) is 0 Å². The first-order chi connectivity index (χ1) is 41.6. The standard InChI is InChI=1S/C83H81BN2OS/c1-46-39-67-71-68(40-46)86(65-31-24-26-49-48-25-18-23-32-69(48)87-73(49)65)66-45-63-62(81(12,13)60-42-58-59(43-61(60)82(63,14)15)80(10,11)53-28-20-19-27-52(53)79(58,8)9)44-64(66)84(71)75-72(85(67)47-33-35-51-57(41-47)77(4,5)38-37-76(51,2)3)50-34-36-56-70(74(50)88-75)83(16,17)55-30-22-21-29-54(55)78(56,6)7/h18-36,39-45H,37-38H2,1-17H3. The number of rotatable bonds is 2. The number of aryl methyl sites for hydroxylation is 1. The van der Waals surface area contributed by atoms with Gasteiger partial charge in [0, 0.05) is 80.9 Å². The Morgan fingerprint density at radius 1 is 0.386 bits per heavy atom. The fourth-order valence-electron chi connectivity index (χ4n) is 18.7. The van der Waals surface area contributed by atoms with Crippen molar-refractivity contribution in [3.05, 3.63) is 241 Å². The van der Waals surface area contributed by atoms with Gasteiger partial charge in [-0.3, -0.25) is 0 Å². The van der Waals surface area contributed by atoms with Crippen molar-refractivity contribution in [2.45, 2.75) is 174 Å². The first kappa shape index (κ1) is 54.5. The molecule has 0 bridgehead atoms. The maximum absolute atomic E-state index is 7.18. The SMILES string of the molecule is Cc1cc2c3c(c1)N(c1cccc4c1oc1ccccc14)c1cc4c(cc1B3c1sc3c5c(ccc3c1N2c1ccc2c(c1)C(C)(C)CCC2(C)C)C(C)(C)c1ccccc1C5(C)C)C(C)(C)c1cc2c(cc1C4(C)C)C(C)(C)c1ccccc1C2(C)C.